The van der Waals surface area contributed by atoms with Crippen molar-refractivity contribution in [2.75, 3.05) is 11.6 Å². The fourth-order valence-corrected chi connectivity index (χ4v) is 2.67. The van der Waals surface area contributed by atoms with Crippen LogP contribution in [0.15, 0.2) is 62.6 Å². The molecule has 0 saturated heterocycles. The fourth-order valence-electron chi connectivity index (χ4n) is 2.26. The molecule has 0 aliphatic carbocycles. The van der Waals surface area contributed by atoms with E-state index in [1.54, 1.807) is 23.9 Å². The van der Waals surface area contributed by atoms with E-state index in [9.17, 15) is 19.7 Å². The summed E-state index contributed by atoms with van der Waals surface area (Å²) in [6.45, 7) is 0. The monoisotopic (exact) mass is 356 g/mol. The Kier molecular flexibility index (Phi) is 4.53. The van der Waals surface area contributed by atoms with Crippen LogP contribution in [0.2, 0.25) is 0 Å². The van der Waals surface area contributed by atoms with Crippen molar-refractivity contribution >= 4 is 39.8 Å². The molecule has 0 fully saturated rings. The van der Waals surface area contributed by atoms with Gasteiger partial charge in [-0.15, -0.1) is 11.8 Å². The Morgan fingerprint density at radius 3 is 2.52 bits per heavy atom. The number of thioether (sulfide) groups is 1. The molecule has 25 heavy (non-hydrogen) atoms. The number of hydrogen-bond acceptors (Lipinski definition) is 6. The number of carbonyl (C=O) groups is 1. The highest BCUT2D eigenvalue weighted by Crippen LogP contribution is 2.21. The molecular formula is C17H12N2O5S. The number of hydrogen-bond donors (Lipinski definition) is 1. The molecule has 126 valence electrons. The normalized spacial score (nSPS) is 10.6. The average molecular weight is 356 g/mol. The topological polar surface area (TPSA) is 102 Å². The average Bonchev–Trinajstić information content (AvgIpc) is 2.61. The fraction of sp³-hybridized carbons (Fsp3) is 0.0588. The molecule has 7 nitrogen and oxygen atoms in total. The third-order valence-electron chi connectivity index (χ3n) is 3.53. The van der Waals surface area contributed by atoms with Crippen LogP contribution in [0.25, 0.3) is 10.8 Å². The number of amides is 1. The van der Waals surface area contributed by atoms with Crippen molar-refractivity contribution in [3.63, 3.8) is 0 Å². The van der Waals surface area contributed by atoms with E-state index in [0.717, 1.165) is 11.0 Å². The molecule has 0 radical (unpaired) electrons. The molecule has 3 rings (SSSR count). The number of fused-ring (bicyclic) bond motifs is 1. The predicted octanol–water partition coefficient (Wildman–Crippen LogP) is 3.68. The van der Waals surface area contributed by atoms with Gasteiger partial charge in [0.1, 0.15) is 0 Å². The zero-order valence-corrected chi connectivity index (χ0v) is 13.8. The molecule has 0 bridgehead atoms. The second kappa shape index (κ2) is 6.78. The van der Waals surface area contributed by atoms with Gasteiger partial charge in [-0.2, -0.15) is 0 Å². The summed E-state index contributed by atoms with van der Waals surface area (Å²) < 4.78 is 5.01. The van der Waals surface area contributed by atoms with Gasteiger partial charge in [-0.1, -0.05) is 0 Å². The minimum Gasteiger partial charge on any atom is -0.417 e. The van der Waals surface area contributed by atoms with E-state index in [2.05, 4.69) is 5.32 Å². The maximum atomic E-state index is 12.3. The summed E-state index contributed by atoms with van der Waals surface area (Å²) in [5.74, 6) is -0.741. The number of nitro groups is 1. The molecule has 0 atom stereocenters. The number of nitro benzene ring substituents is 1. The molecule has 1 amide bonds. The van der Waals surface area contributed by atoms with Crippen molar-refractivity contribution in [1.29, 1.82) is 0 Å². The van der Waals surface area contributed by atoms with Gasteiger partial charge < -0.3 is 9.73 Å². The number of anilines is 1. The minimum atomic E-state index is -0.802. The Morgan fingerprint density at radius 1 is 1.16 bits per heavy atom. The molecule has 0 unspecified atom stereocenters. The van der Waals surface area contributed by atoms with E-state index in [1.807, 2.05) is 18.4 Å². The summed E-state index contributed by atoms with van der Waals surface area (Å²) in [5.41, 5.74) is -0.454. The minimum absolute atomic E-state index is 0.0510. The summed E-state index contributed by atoms with van der Waals surface area (Å²) in [4.78, 5) is 35.6. The molecule has 0 spiro atoms. The van der Waals surface area contributed by atoms with E-state index in [4.69, 9.17) is 4.42 Å². The van der Waals surface area contributed by atoms with Crippen molar-refractivity contribution in [3.8, 4) is 0 Å². The van der Waals surface area contributed by atoms with Crippen LogP contribution in [-0.4, -0.2) is 17.1 Å². The Morgan fingerprint density at radius 2 is 1.88 bits per heavy atom. The third kappa shape index (κ3) is 3.53. The highest BCUT2D eigenvalue weighted by atomic mass is 32.2. The van der Waals surface area contributed by atoms with Crippen LogP contribution in [0, 0.1) is 10.1 Å². The lowest BCUT2D eigenvalue weighted by Gasteiger charge is -2.06. The van der Waals surface area contributed by atoms with Crippen LogP contribution in [0.1, 0.15) is 10.6 Å². The van der Waals surface area contributed by atoms with Gasteiger partial charge in [0, 0.05) is 22.7 Å². The number of non-ortho nitro benzene ring substituents is 1. The van der Waals surface area contributed by atoms with Gasteiger partial charge in [0.2, 0.25) is 0 Å². The van der Waals surface area contributed by atoms with E-state index in [-0.39, 0.29) is 16.8 Å². The molecule has 3 aromatic rings. The lowest BCUT2D eigenvalue weighted by Crippen LogP contribution is -2.15. The first-order chi connectivity index (χ1) is 12.0. The number of nitrogens with zero attached hydrogens (tertiary/aromatic N) is 1. The molecular weight excluding hydrogens is 344 g/mol. The maximum Gasteiger partial charge on any atom is 0.344 e. The maximum absolute atomic E-state index is 12.3. The number of carbonyl (C=O) groups excluding carboxylic acids is 1. The third-order valence-corrected chi connectivity index (χ3v) is 4.27. The summed E-state index contributed by atoms with van der Waals surface area (Å²) in [5, 5.41) is 13.9. The van der Waals surface area contributed by atoms with Crippen molar-refractivity contribution < 1.29 is 14.1 Å². The molecule has 1 aromatic heterocycles. The predicted molar refractivity (Wildman–Crippen MR) is 95.3 cm³/mol. The Labute approximate surface area is 145 Å². The molecule has 1 N–H and O–H groups in total. The zero-order valence-electron chi connectivity index (χ0n) is 13.0. The van der Waals surface area contributed by atoms with Crippen molar-refractivity contribution in [1.82, 2.24) is 0 Å². The standard InChI is InChI=1S/C17H12N2O5S/c1-25-13-6-3-11(4-7-13)18-16(20)15-8-10-2-5-12(19(22)23)9-14(10)17(21)24-15/h2-9H,1H3,(H,18,20). The highest BCUT2D eigenvalue weighted by Gasteiger charge is 2.15. The molecule has 0 saturated carbocycles. The second-order valence-corrected chi connectivity index (χ2v) is 5.99. The van der Waals surface area contributed by atoms with E-state index < -0.39 is 16.5 Å². The smallest absolute Gasteiger partial charge is 0.344 e. The van der Waals surface area contributed by atoms with E-state index in [1.165, 1.54) is 18.2 Å². The van der Waals surface area contributed by atoms with Crippen molar-refractivity contribution in [2.45, 2.75) is 4.90 Å². The van der Waals surface area contributed by atoms with E-state index >= 15 is 0 Å². The summed E-state index contributed by atoms with van der Waals surface area (Å²) in [6.07, 6.45) is 1.95. The van der Waals surface area contributed by atoms with Crippen LogP contribution in [0.3, 0.4) is 0 Å². The lowest BCUT2D eigenvalue weighted by atomic mass is 10.1. The van der Waals surface area contributed by atoms with Crippen LogP contribution in [0.4, 0.5) is 11.4 Å². The van der Waals surface area contributed by atoms with Gasteiger partial charge in [0.25, 0.3) is 11.6 Å². The van der Waals surface area contributed by atoms with Gasteiger partial charge in [0.05, 0.1) is 10.3 Å². The van der Waals surface area contributed by atoms with Gasteiger partial charge in [-0.25, -0.2) is 4.79 Å². The molecule has 0 aliphatic rings. The summed E-state index contributed by atoms with van der Waals surface area (Å²) in [7, 11) is 0. The SMILES string of the molecule is CSc1ccc(NC(=O)c2cc3ccc([N+](=O)[O-])cc3c(=O)o2)cc1. The summed E-state index contributed by atoms with van der Waals surface area (Å²) >= 11 is 1.58. The molecule has 2 aromatic carbocycles. The van der Waals surface area contributed by atoms with Gasteiger partial charge in [0.15, 0.2) is 5.76 Å². The Balaban J connectivity index is 1.92. The summed E-state index contributed by atoms with van der Waals surface area (Å²) in [6, 6.07) is 12.4. The number of benzene rings is 2. The number of nitrogens with one attached hydrogen (secondary N) is 1. The Hall–Kier alpha value is -3.13. The van der Waals surface area contributed by atoms with Crippen LogP contribution >= 0.6 is 11.8 Å². The highest BCUT2D eigenvalue weighted by molar-refractivity contribution is 7.98. The first kappa shape index (κ1) is 16.7. The van der Waals surface area contributed by atoms with Gasteiger partial charge in [-0.05, 0) is 48.0 Å². The van der Waals surface area contributed by atoms with Gasteiger partial charge in [-0.3, -0.25) is 14.9 Å². The zero-order chi connectivity index (χ0) is 18.0. The van der Waals surface area contributed by atoms with Crippen molar-refractivity contribution in [2.24, 2.45) is 0 Å². The van der Waals surface area contributed by atoms with E-state index in [0.29, 0.717) is 11.1 Å². The first-order valence-corrected chi connectivity index (χ1v) is 8.38. The lowest BCUT2D eigenvalue weighted by molar-refractivity contribution is -0.384. The second-order valence-electron chi connectivity index (χ2n) is 5.11. The quantitative estimate of drug-likeness (QED) is 0.435. The van der Waals surface area contributed by atoms with Crippen LogP contribution < -0.4 is 10.9 Å². The van der Waals surface area contributed by atoms with Gasteiger partial charge >= 0.3 is 5.63 Å². The first-order valence-electron chi connectivity index (χ1n) is 7.15. The molecule has 1 heterocycles. The van der Waals surface area contributed by atoms with Crippen LogP contribution in [-0.2, 0) is 0 Å². The van der Waals surface area contributed by atoms with Crippen LogP contribution in [0.5, 0.6) is 0 Å². The number of rotatable bonds is 4. The molecule has 8 heteroatoms. The molecule has 0 aliphatic heterocycles. The largest absolute Gasteiger partial charge is 0.417 e. The Bertz CT molecular complexity index is 1030. The van der Waals surface area contributed by atoms with Crippen molar-refractivity contribution in [3.05, 3.63) is 74.8 Å².